The largest absolute Gasteiger partial charge is 0.465 e. The van der Waals surface area contributed by atoms with Gasteiger partial charge < -0.3 is 20.1 Å². The van der Waals surface area contributed by atoms with Crippen LogP contribution < -0.4 is 10.6 Å². The van der Waals surface area contributed by atoms with E-state index < -0.39 is 17.8 Å². The predicted molar refractivity (Wildman–Crippen MR) is 100 cm³/mol. The van der Waals surface area contributed by atoms with Gasteiger partial charge in [0.1, 0.15) is 5.00 Å². The number of carbonyl (C=O) groups is 4. The molecule has 9 heteroatoms. The number of amides is 2. The molecule has 0 aliphatic heterocycles. The van der Waals surface area contributed by atoms with Gasteiger partial charge in [0.15, 0.2) is 0 Å². The number of carbonyl (C=O) groups excluding carboxylic acids is 4. The minimum Gasteiger partial charge on any atom is -0.465 e. The van der Waals surface area contributed by atoms with Crippen molar-refractivity contribution in [1.29, 1.82) is 0 Å². The highest BCUT2D eigenvalue weighted by atomic mass is 32.1. The lowest BCUT2D eigenvalue weighted by molar-refractivity contribution is -0.114. The van der Waals surface area contributed by atoms with Crippen molar-refractivity contribution in [2.45, 2.75) is 13.8 Å². The van der Waals surface area contributed by atoms with Gasteiger partial charge in [-0.25, -0.2) is 9.59 Å². The summed E-state index contributed by atoms with van der Waals surface area (Å²) in [6.07, 6.45) is 0. The number of hydrogen-bond acceptors (Lipinski definition) is 7. The standard InChI is InChI=1S/C18H18N2O6S/c1-9-13(18(24)26-4)16(19-10(2)21)27-14(9)15(22)20-12-8-6-5-7-11(12)17(23)25-3/h5-8H,1-4H3,(H,19,21)(H,20,22). The fourth-order valence-corrected chi connectivity index (χ4v) is 3.52. The maximum Gasteiger partial charge on any atom is 0.341 e. The van der Waals surface area contributed by atoms with Crippen molar-refractivity contribution in [2.24, 2.45) is 0 Å². The molecule has 0 saturated carbocycles. The first-order valence-corrected chi connectivity index (χ1v) is 8.59. The van der Waals surface area contributed by atoms with Crippen LogP contribution in [0.15, 0.2) is 24.3 Å². The summed E-state index contributed by atoms with van der Waals surface area (Å²) in [6.45, 7) is 2.87. The summed E-state index contributed by atoms with van der Waals surface area (Å²) in [5, 5.41) is 5.39. The number of thiophene rings is 1. The zero-order chi connectivity index (χ0) is 20.1. The van der Waals surface area contributed by atoms with Crippen LogP contribution in [0.1, 0.15) is 42.9 Å². The Morgan fingerprint density at radius 3 is 2.19 bits per heavy atom. The highest BCUT2D eigenvalue weighted by Crippen LogP contribution is 2.34. The Bertz CT molecular complexity index is 919. The number of methoxy groups -OCH3 is 2. The molecule has 1 aromatic carbocycles. The third kappa shape index (κ3) is 4.32. The van der Waals surface area contributed by atoms with E-state index in [-0.39, 0.29) is 32.6 Å². The van der Waals surface area contributed by atoms with Gasteiger partial charge in [0.25, 0.3) is 5.91 Å². The maximum atomic E-state index is 12.7. The molecule has 0 radical (unpaired) electrons. The summed E-state index contributed by atoms with van der Waals surface area (Å²) in [5.74, 6) is -2.18. The minimum absolute atomic E-state index is 0.115. The Kier molecular flexibility index (Phi) is 6.30. The number of esters is 2. The van der Waals surface area contributed by atoms with Crippen molar-refractivity contribution in [3.63, 3.8) is 0 Å². The number of nitrogens with one attached hydrogen (secondary N) is 2. The number of ether oxygens (including phenoxy) is 2. The van der Waals surface area contributed by atoms with Crippen LogP contribution in [0.5, 0.6) is 0 Å². The Morgan fingerprint density at radius 2 is 1.59 bits per heavy atom. The van der Waals surface area contributed by atoms with Crippen LogP contribution >= 0.6 is 11.3 Å². The molecular weight excluding hydrogens is 372 g/mol. The molecule has 2 amide bonds. The average molecular weight is 390 g/mol. The van der Waals surface area contributed by atoms with Gasteiger partial charge in [-0.3, -0.25) is 9.59 Å². The van der Waals surface area contributed by atoms with Crippen molar-refractivity contribution >= 4 is 45.8 Å². The monoisotopic (exact) mass is 390 g/mol. The van der Waals surface area contributed by atoms with Crippen LogP contribution in [0.3, 0.4) is 0 Å². The molecule has 0 atom stereocenters. The van der Waals surface area contributed by atoms with Crippen molar-refractivity contribution in [3.05, 3.63) is 45.8 Å². The van der Waals surface area contributed by atoms with Crippen LogP contribution in [-0.2, 0) is 14.3 Å². The molecule has 142 valence electrons. The van der Waals surface area contributed by atoms with Crippen molar-refractivity contribution in [2.75, 3.05) is 24.9 Å². The molecule has 0 aliphatic carbocycles. The Morgan fingerprint density at radius 1 is 0.963 bits per heavy atom. The lowest BCUT2D eigenvalue weighted by Crippen LogP contribution is -2.15. The molecule has 0 aliphatic rings. The summed E-state index contributed by atoms with van der Waals surface area (Å²) < 4.78 is 9.44. The molecule has 2 rings (SSSR count). The van der Waals surface area contributed by atoms with Crippen LogP contribution in [0.2, 0.25) is 0 Å². The van der Waals surface area contributed by atoms with Crippen molar-refractivity contribution < 1.29 is 28.7 Å². The van der Waals surface area contributed by atoms with Crippen LogP contribution in [-0.4, -0.2) is 38.0 Å². The Labute approximate surface area is 159 Å². The van der Waals surface area contributed by atoms with E-state index in [2.05, 4.69) is 10.6 Å². The van der Waals surface area contributed by atoms with Gasteiger partial charge in [-0.15, -0.1) is 11.3 Å². The lowest BCUT2D eigenvalue weighted by Gasteiger charge is -2.09. The molecule has 8 nitrogen and oxygen atoms in total. The molecule has 1 aromatic heterocycles. The predicted octanol–water partition coefficient (Wildman–Crippen LogP) is 2.84. The summed E-state index contributed by atoms with van der Waals surface area (Å²) in [6, 6.07) is 6.38. The second kappa shape index (κ2) is 8.45. The Hall–Kier alpha value is -3.20. The van der Waals surface area contributed by atoms with Crippen LogP contribution in [0.4, 0.5) is 10.7 Å². The zero-order valence-corrected chi connectivity index (χ0v) is 16.0. The molecule has 27 heavy (non-hydrogen) atoms. The zero-order valence-electron chi connectivity index (χ0n) is 15.2. The summed E-state index contributed by atoms with van der Waals surface area (Å²) in [4.78, 5) is 48.3. The average Bonchev–Trinajstić information content (AvgIpc) is 2.96. The quantitative estimate of drug-likeness (QED) is 0.760. The first-order valence-electron chi connectivity index (χ1n) is 7.78. The van der Waals surface area contributed by atoms with E-state index in [0.717, 1.165) is 11.3 Å². The second-order valence-corrected chi connectivity index (χ2v) is 6.44. The SMILES string of the molecule is COC(=O)c1ccccc1NC(=O)c1sc(NC(C)=O)c(C(=O)OC)c1C. The topological polar surface area (TPSA) is 111 Å². The summed E-state index contributed by atoms with van der Waals surface area (Å²) in [5.41, 5.74) is 0.938. The van der Waals surface area contributed by atoms with E-state index in [1.165, 1.54) is 27.2 Å². The number of para-hydroxylation sites is 1. The van der Waals surface area contributed by atoms with E-state index in [0.29, 0.717) is 5.56 Å². The highest BCUT2D eigenvalue weighted by Gasteiger charge is 2.26. The van der Waals surface area contributed by atoms with Crippen molar-refractivity contribution in [1.82, 2.24) is 0 Å². The first kappa shape index (κ1) is 20.1. The number of anilines is 2. The highest BCUT2D eigenvalue weighted by molar-refractivity contribution is 7.18. The van der Waals surface area contributed by atoms with E-state index >= 15 is 0 Å². The number of hydrogen-bond donors (Lipinski definition) is 2. The molecular formula is C18H18N2O6S. The van der Waals surface area contributed by atoms with Gasteiger partial charge in [0.2, 0.25) is 5.91 Å². The van der Waals surface area contributed by atoms with Crippen molar-refractivity contribution in [3.8, 4) is 0 Å². The van der Waals surface area contributed by atoms with Gasteiger partial charge in [-0.05, 0) is 24.6 Å². The van der Waals surface area contributed by atoms with E-state index in [9.17, 15) is 19.2 Å². The first-order chi connectivity index (χ1) is 12.8. The molecule has 0 bridgehead atoms. The van der Waals surface area contributed by atoms with Gasteiger partial charge in [0.05, 0.1) is 35.9 Å². The molecule has 2 N–H and O–H groups in total. The Balaban J connectivity index is 2.43. The van der Waals surface area contributed by atoms with Crippen LogP contribution in [0.25, 0.3) is 0 Å². The molecule has 0 fully saturated rings. The lowest BCUT2D eigenvalue weighted by atomic mass is 10.1. The summed E-state index contributed by atoms with van der Waals surface area (Å²) in [7, 11) is 2.45. The fraction of sp³-hybridized carbons (Fsp3) is 0.222. The van der Waals surface area contributed by atoms with E-state index in [4.69, 9.17) is 9.47 Å². The molecule has 1 heterocycles. The van der Waals surface area contributed by atoms with E-state index in [1.54, 1.807) is 25.1 Å². The molecule has 0 unspecified atom stereocenters. The minimum atomic E-state index is -0.665. The second-order valence-electron chi connectivity index (χ2n) is 5.42. The smallest absolute Gasteiger partial charge is 0.341 e. The number of benzene rings is 1. The van der Waals surface area contributed by atoms with Crippen LogP contribution in [0, 0.1) is 6.92 Å². The summed E-state index contributed by atoms with van der Waals surface area (Å²) >= 11 is 0.945. The molecule has 0 saturated heterocycles. The van der Waals surface area contributed by atoms with Gasteiger partial charge in [-0.2, -0.15) is 0 Å². The molecule has 2 aromatic rings. The molecule has 0 spiro atoms. The normalized spacial score (nSPS) is 10.1. The third-order valence-corrected chi connectivity index (χ3v) is 4.82. The maximum absolute atomic E-state index is 12.7. The number of rotatable bonds is 5. The van der Waals surface area contributed by atoms with Gasteiger partial charge >= 0.3 is 11.9 Å². The van der Waals surface area contributed by atoms with E-state index in [1.807, 2.05) is 0 Å². The van der Waals surface area contributed by atoms with Gasteiger partial charge in [0, 0.05) is 6.92 Å². The van der Waals surface area contributed by atoms with Gasteiger partial charge in [-0.1, -0.05) is 12.1 Å². The third-order valence-electron chi connectivity index (χ3n) is 3.61. The fourth-order valence-electron chi connectivity index (χ4n) is 2.39.